The zero-order valence-electron chi connectivity index (χ0n) is 9.54. The molecule has 0 aliphatic carbocycles. The van der Waals surface area contributed by atoms with Crippen LogP contribution in [0.2, 0.25) is 0 Å². The number of rotatable bonds is 2. The van der Waals surface area contributed by atoms with Crippen LogP contribution in [0.1, 0.15) is 20.8 Å². The molecule has 0 aromatic heterocycles. The van der Waals surface area contributed by atoms with Gasteiger partial charge in [0.25, 0.3) is 0 Å². The molecule has 0 amide bonds. The molecule has 0 unspecified atom stereocenters. The second-order valence-electron chi connectivity index (χ2n) is 5.01. The van der Waals surface area contributed by atoms with Crippen LogP contribution < -0.4 is 10.4 Å². The molecular formula is C12H18BN. The predicted octanol–water partition coefficient (Wildman–Crippen LogP) is 1.96. The van der Waals surface area contributed by atoms with Crippen LogP contribution in [0, 0.1) is 5.41 Å². The topological polar surface area (TPSA) is 3.24 Å². The van der Waals surface area contributed by atoms with E-state index < -0.39 is 0 Å². The van der Waals surface area contributed by atoms with E-state index >= 15 is 0 Å². The zero-order valence-corrected chi connectivity index (χ0v) is 9.54. The molecule has 0 aliphatic heterocycles. The molecule has 0 heterocycles. The molecule has 0 fully saturated rings. The van der Waals surface area contributed by atoms with Crippen molar-refractivity contribution in [3.63, 3.8) is 0 Å². The number of nitrogens with zero attached hydrogens (tertiary/aromatic N) is 1. The molecule has 1 rings (SSSR count). The first-order valence-electron chi connectivity index (χ1n) is 4.95. The maximum atomic E-state index is 5.64. The first kappa shape index (κ1) is 11.2. The van der Waals surface area contributed by atoms with Crippen molar-refractivity contribution in [3.05, 3.63) is 24.3 Å². The quantitative estimate of drug-likeness (QED) is 0.639. The van der Waals surface area contributed by atoms with Gasteiger partial charge in [-0.25, -0.2) is 0 Å². The van der Waals surface area contributed by atoms with Crippen LogP contribution in [0.15, 0.2) is 24.3 Å². The lowest BCUT2D eigenvalue weighted by Gasteiger charge is -2.28. The second kappa shape index (κ2) is 4.08. The van der Waals surface area contributed by atoms with Crippen molar-refractivity contribution in [2.75, 3.05) is 18.5 Å². The summed E-state index contributed by atoms with van der Waals surface area (Å²) in [4.78, 5) is 2.25. The van der Waals surface area contributed by atoms with Crippen LogP contribution in [0.25, 0.3) is 0 Å². The molecule has 0 N–H and O–H groups in total. The highest BCUT2D eigenvalue weighted by molar-refractivity contribution is 6.32. The SMILES string of the molecule is [B]c1ccc(N(C)CC(C)(C)C)cc1. The van der Waals surface area contributed by atoms with Gasteiger partial charge in [-0.2, -0.15) is 0 Å². The normalized spacial score (nSPS) is 11.4. The van der Waals surface area contributed by atoms with Gasteiger partial charge in [-0.05, 0) is 17.5 Å². The lowest BCUT2D eigenvalue weighted by atomic mass is 9.94. The van der Waals surface area contributed by atoms with Crippen molar-refractivity contribution < 1.29 is 0 Å². The van der Waals surface area contributed by atoms with E-state index in [2.05, 4.69) is 44.9 Å². The Balaban J connectivity index is 2.70. The van der Waals surface area contributed by atoms with Gasteiger partial charge in [0.15, 0.2) is 0 Å². The Kier molecular flexibility index (Phi) is 3.25. The van der Waals surface area contributed by atoms with E-state index in [0.29, 0.717) is 5.41 Å². The molecular weight excluding hydrogens is 169 g/mol. The summed E-state index contributed by atoms with van der Waals surface area (Å²) >= 11 is 0. The Morgan fingerprint density at radius 1 is 1.14 bits per heavy atom. The average Bonchev–Trinajstić information content (AvgIpc) is 2.02. The van der Waals surface area contributed by atoms with Crippen molar-refractivity contribution in [1.29, 1.82) is 0 Å². The van der Waals surface area contributed by atoms with Crippen LogP contribution in [0.4, 0.5) is 5.69 Å². The highest BCUT2D eigenvalue weighted by Crippen LogP contribution is 2.19. The lowest BCUT2D eigenvalue weighted by Crippen LogP contribution is -2.29. The van der Waals surface area contributed by atoms with E-state index in [0.717, 1.165) is 12.0 Å². The summed E-state index contributed by atoms with van der Waals surface area (Å²) < 4.78 is 0. The molecule has 0 aliphatic rings. The van der Waals surface area contributed by atoms with Gasteiger partial charge in [0.2, 0.25) is 0 Å². The third kappa shape index (κ3) is 3.45. The van der Waals surface area contributed by atoms with Crippen molar-refractivity contribution in [1.82, 2.24) is 0 Å². The number of benzene rings is 1. The van der Waals surface area contributed by atoms with Gasteiger partial charge in [0.1, 0.15) is 7.85 Å². The standard InChI is InChI=1S/C12H18BN/c1-12(2,3)9-14(4)11-7-5-10(13)6-8-11/h5-8H,9H2,1-4H3. The lowest BCUT2D eigenvalue weighted by molar-refractivity contribution is 0.419. The van der Waals surface area contributed by atoms with Crippen LogP contribution in [0.3, 0.4) is 0 Å². The zero-order chi connectivity index (χ0) is 10.8. The van der Waals surface area contributed by atoms with E-state index in [1.165, 1.54) is 5.69 Å². The first-order chi connectivity index (χ1) is 6.38. The Morgan fingerprint density at radius 2 is 1.64 bits per heavy atom. The van der Waals surface area contributed by atoms with Gasteiger partial charge in [-0.1, -0.05) is 38.4 Å². The minimum absolute atomic E-state index is 0.316. The summed E-state index contributed by atoms with van der Waals surface area (Å²) in [7, 11) is 7.74. The summed E-state index contributed by atoms with van der Waals surface area (Å²) in [6.45, 7) is 7.75. The molecule has 1 aromatic rings. The van der Waals surface area contributed by atoms with Gasteiger partial charge in [-0.3, -0.25) is 0 Å². The van der Waals surface area contributed by atoms with Crippen LogP contribution in [0.5, 0.6) is 0 Å². The van der Waals surface area contributed by atoms with Crippen LogP contribution in [-0.4, -0.2) is 21.4 Å². The average molecular weight is 187 g/mol. The monoisotopic (exact) mass is 187 g/mol. The Hall–Kier alpha value is -0.915. The van der Waals surface area contributed by atoms with E-state index in [-0.39, 0.29) is 0 Å². The molecule has 1 aromatic carbocycles. The first-order valence-corrected chi connectivity index (χ1v) is 4.95. The van der Waals surface area contributed by atoms with E-state index in [4.69, 9.17) is 7.85 Å². The highest BCUT2D eigenvalue weighted by Gasteiger charge is 2.13. The smallest absolute Gasteiger partial charge is 0.113 e. The number of anilines is 1. The maximum absolute atomic E-state index is 5.64. The van der Waals surface area contributed by atoms with Gasteiger partial charge >= 0.3 is 0 Å². The molecule has 74 valence electrons. The Bertz CT molecular complexity index is 284. The second-order valence-corrected chi connectivity index (χ2v) is 5.01. The fourth-order valence-corrected chi connectivity index (χ4v) is 1.53. The van der Waals surface area contributed by atoms with Gasteiger partial charge < -0.3 is 4.90 Å². The third-order valence-corrected chi connectivity index (χ3v) is 2.05. The Morgan fingerprint density at radius 3 is 2.07 bits per heavy atom. The largest absolute Gasteiger partial charge is 0.374 e. The Labute approximate surface area is 88.5 Å². The molecule has 0 atom stereocenters. The summed E-state index contributed by atoms with van der Waals surface area (Å²) in [6.07, 6.45) is 0. The van der Waals surface area contributed by atoms with Gasteiger partial charge in [-0.15, -0.1) is 0 Å². The van der Waals surface area contributed by atoms with Crippen molar-refractivity contribution in [2.24, 2.45) is 5.41 Å². The molecule has 0 saturated carbocycles. The van der Waals surface area contributed by atoms with Crippen molar-refractivity contribution >= 4 is 19.0 Å². The molecule has 0 spiro atoms. The minimum Gasteiger partial charge on any atom is -0.374 e. The highest BCUT2D eigenvalue weighted by atomic mass is 15.1. The summed E-state index contributed by atoms with van der Waals surface area (Å²) in [5.41, 5.74) is 2.35. The molecule has 2 heteroatoms. The summed E-state index contributed by atoms with van der Waals surface area (Å²) in [6, 6.07) is 7.99. The fourth-order valence-electron chi connectivity index (χ4n) is 1.53. The van der Waals surface area contributed by atoms with Gasteiger partial charge in [0, 0.05) is 19.3 Å². The van der Waals surface area contributed by atoms with E-state index in [9.17, 15) is 0 Å². The molecule has 0 bridgehead atoms. The fraction of sp³-hybridized carbons (Fsp3) is 0.500. The minimum atomic E-state index is 0.316. The number of hydrogen-bond donors (Lipinski definition) is 0. The van der Waals surface area contributed by atoms with E-state index in [1.54, 1.807) is 0 Å². The van der Waals surface area contributed by atoms with Crippen molar-refractivity contribution in [3.8, 4) is 0 Å². The van der Waals surface area contributed by atoms with Crippen LogP contribution in [-0.2, 0) is 0 Å². The van der Waals surface area contributed by atoms with Gasteiger partial charge in [0.05, 0.1) is 0 Å². The van der Waals surface area contributed by atoms with Crippen molar-refractivity contribution in [2.45, 2.75) is 20.8 Å². The van der Waals surface area contributed by atoms with Crippen LogP contribution >= 0.6 is 0 Å². The maximum Gasteiger partial charge on any atom is 0.113 e. The molecule has 1 nitrogen and oxygen atoms in total. The molecule has 14 heavy (non-hydrogen) atoms. The summed E-state index contributed by atoms with van der Waals surface area (Å²) in [5, 5.41) is 0. The summed E-state index contributed by atoms with van der Waals surface area (Å²) in [5.74, 6) is 0. The third-order valence-electron chi connectivity index (χ3n) is 2.05. The number of hydrogen-bond acceptors (Lipinski definition) is 1. The van der Waals surface area contributed by atoms with E-state index in [1.807, 2.05) is 12.1 Å². The predicted molar refractivity (Wildman–Crippen MR) is 64.6 cm³/mol. The molecule has 2 radical (unpaired) electrons. The molecule has 0 saturated heterocycles.